The fourth-order valence-electron chi connectivity index (χ4n) is 0.452. The van der Waals surface area contributed by atoms with Gasteiger partial charge in [-0.3, -0.25) is 10.3 Å². The van der Waals surface area contributed by atoms with Crippen LogP contribution in [0.25, 0.3) is 0 Å². The number of hydrogen-bond donors (Lipinski definition) is 2. The van der Waals surface area contributed by atoms with Gasteiger partial charge in [-0.05, 0) is 0 Å². The van der Waals surface area contributed by atoms with E-state index in [1.807, 2.05) is 0 Å². The number of nitrogens with one attached hydrogen (secondary N) is 1. The van der Waals surface area contributed by atoms with E-state index in [1.165, 1.54) is 7.11 Å². The molecular formula is C7H13FN2O3. The van der Waals surface area contributed by atoms with Gasteiger partial charge < -0.3 is 10.5 Å². The van der Waals surface area contributed by atoms with Crippen molar-refractivity contribution >= 4 is 5.97 Å². The summed E-state index contributed by atoms with van der Waals surface area (Å²) in [4.78, 5) is 15.2. The molecule has 0 aliphatic heterocycles. The van der Waals surface area contributed by atoms with E-state index in [0.29, 0.717) is 0 Å². The van der Waals surface area contributed by atoms with Crippen LogP contribution in [0.4, 0.5) is 4.39 Å². The minimum Gasteiger partial charge on any atom is -0.464 e. The van der Waals surface area contributed by atoms with Crippen molar-refractivity contribution in [1.82, 2.24) is 5.48 Å². The molecule has 1 unspecified atom stereocenters. The first-order valence-corrected chi connectivity index (χ1v) is 3.61. The van der Waals surface area contributed by atoms with Crippen LogP contribution in [-0.2, 0) is 14.4 Å². The molecule has 0 aromatic heterocycles. The lowest BCUT2D eigenvalue weighted by atomic mass is 10.4. The largest absolute Gasteiger partial charge is 0.464 e. The molecule has 0 heterocycles. The molecule has 0 aliphatic rings. The number of methoxy groups -OCH3 is 1. The van der Waals surface area contributed by atoms with E-state index in [9.17, 15) is 9.18 Å². The smallest absolute Gasteiger partial charge is 0.355 e. The molecule has 0 rings (SSSR count). The van der Waals surface area contributed by atoms with Gasteiger partial charge in [-0.25, -0.2) is 9.18 Å². The van der Waals surface area contributed by atoms with Gasteiger partial charge in [0, 0.05) is 6.54 Å². The molecule has 0 amide bonds. The summed E-state index contributed by atoms with van der Waals surface area (Å²) in [5.41, 5.74) is 7.02. The Kier molecular flexibility index (Phi) is 5.82. The highest BCUT2D eigenvalue weighted by Crippen LogP contribution is 1.91. The van der Waals surface area contributed by atoms with E-state index in [1.54, 1.807) is 0 Å². The Morgan fingerprint density at radius 2 is 2.38 bits per heavy atom. The number of hydroxylamine groups is 1. The Bertz CT molecular complexity index is 187. The number of esters is 1. The lowest BCUT2D eigenvalue weighted by molar-refractivity contribution is -0.138. The zero-order valence-electron chi connectivity index (χ0n) is 7.38. The molecule has 0 radical (unpaired) electrons. The molecule has 0 saturated heterocycles. The molecule has 0 saturated carbocycles. The summed E-state index contributed by atoms with van der Waals surface area (Å²) in [5, 5.41) is 0. The van der Waals surface area contributed by atoms with Crippen LogP contribution in [0, 0.1) is 0 Å². The maximum absolute atomic E-state index is 12.4. The number of ether oxygens (including phenoxy) is 1. The fraction of sp³-hybridized carbons (Fsp3) is 0.571. The molecular weight excluding hydrogens is 179 g/mol. The van der Waals surface area contributed by atoms with E-state index in [2.05, 4.69) is 21.6 Å². The van der Waals surface area contributed by atoms with Gasteiger partial charge in [0.05, 0.1) is 7.11 Å². The Balaban J connectivity index is 3.53. The first-order valence-electron chi connectivity index (χ1n) is 3.61. The molecule has 5 nitrogen and oxygen atoms in total. The predicted molar refractivity (Wildman–Crippen MR) is 44.2 cm³/mol. The van der Waals surface area contributed by atoms with Crippen LogP contribution in [0.5, 0.6) is 0 Å². The molecule has 0 fully saturated rings. The maximum atomic E-state index is 12.4. The Labute approximate surface area is 75.6 Å². The van der Waals surface area contributed by atoms with Gasteiger partial charge in [0.1, 0.15) is 18.5 Å². The van der Waals surface area contributed by atoms with Gasteiger partial charge in [0.15, 0.2) is 0 Å². The summed E-state index contributed by atoms with van der Waals surface area (Å²) in [6.07, 6.45) is -1.27. The lowest BCUT2D eigenvalue weighted by Gasteiger charge is -2.09. The van der Waals surface area contributed by atoms with Crippen molar-refractivity contribution in [3.8, 4) is 0 Å². The van der Waals surface area contributed by atoms with Crippen LogP contribution in [0.1, 0.15) is 0 Å². The van der Waals surface area contributed by atoms with Crippen LogP contribution in [0.3, 0.4) is 0 Å². The first kappa shape index (κ1) is 11.9. The second-order valence-electron chi connectivity index (χ2n) is 2.22. The van der Waals surface area contributed by atoms with Crippen LogP contribution in [0.2, 0.25) is 0 Å². The number of rotatable bonds is 6. The van der Waals surface area contributed by atoms with Gasteiger partial charge in [-0.1, -0.05) is 6.58 Å². The van der Waals surface area contributed by atoms with E-state index in [-0.39, 0.29) is 18.8 Å². The summed E-state index contributed by atoms with van der Waals surface area (Å²) in [6, 6.07) is 0. The van der Waals surface area contributed by atoms with E-state index in [0.717, 1.165) is 0 Å². The molecule has 76 valence electrons. The monoisotopic (exact) mass is 192 g/mol. The van der Waals surface area contributed by atoms with Gasteiger partial charge in [0.25, 0.3) is 0 Å². The molecule has 3 N–H and O–H groups in total. The van der Waals surface area contributed by atoms with Crippen molar-refractivity contribution < 1.29 is 18.8 Å². The van der Waals surface area contributed by atoms with Gasteiger partial charge >= 0.3 is 5.97 Å². The molecule has 0 aromatic rings. The molecule has 1 atom stereocenters. The Hall–Kier alpha value is -1.14. The number of carbonyl (C=O) groups is 1. The number of alkyl halides is 1. The topological polar surface area (TPSA) is 73.6 Å². The van der Waals surface area contributed by atoms with E-state index < -0.39 is 12.1 Å². The Morgan fingerprint density at radius 3 is 2.85 bits per heavy atom. The van der Waals surface area contributed by atoms with Crippen molar-refractivity contribution in [2.24, 2.45) is 5.73 Å². The minimum atomic E-state index is -1.27. The molecule has 0 aromatic carbocycles. The summed E-state index contributed by atoms with van der Waals surface area (Å²) >= 11 is 0. The normalized spacial score (nSPS) is 11.9. The predicted octanol–water partition coefficient (Wildman–Crippen LogP) is -0.509. The van der Waals surface area contributed by atoms with Crippen molar-refractivity contribution in [3.05, 3.63) is 12.3 Å². The quantitative estimate of drug-likeness (QED) is 0.337. The Morgan fingerprint density at radius 1 is 1.77 bits per heavy atom. The highest BCUT2D eigenvalue weighted by Gasteiger charge is 2.07. The SMILES string of the molecule is C=C(NOCC(F)CN)C(=O)OC. The fourth-order valence-corrected chi connectivity index (χ4v) is 0.452. The van der Waals surface area contributed by atoms with Gasteiger partial charge in [-0.15, -0.1) is 0 Å². The molecule has 0 spiro atoms. The van der Waals surface area contributed by atoms with Crippen LogP contribution >= 0.6 is 0 Å². The highest BCUT2D eigenvalue weighted by molar-refractivity contribution is 5.86. The second kappa shape index (κ2) is 6.38. The van der Waals surface area contributed by atoms with E-state index >= 15 is 0 Å². The third-order valence-corrected chi connectivity index (χ3v) is 1.15. The third-order valence-electron chi connectivity index (χ3n) is 1.15. The average Bonchev–Trinajstić information content (AvgIpc) is 2.15. The zero-order chi connectivity index (χ0) is 10.3. The number of carbonyl (C=O) groups excluding carboxylic acids is 1. The summed E-state index contributed by atoms with van der Waals surface area (Å²) in [6.45, 7) is 2.91. The lowest BCUT2D eigenvalue weighted by Crippen LogP contribution is -2.27. The minimum absolute atomic E-state index is 0.0910. The third kappa shape index (κ3) is 5.15. The summed E-state index contributed by atoms with van der Waals surface area (Å²) < 4.78 is 16.7. The van der Waals surface area contributed by atoms with Crippen molar-refractivity contribution in [1.29, 1.82) is 0 Å². The standard InChI is InChI=1S/C7H13FN2O3/c1-5(7(11)12-2)10-13-4-6(8)3-9/h6,10H,1,3-4,9H2,2H3. The van der Waals surface area contributed by atoms with Crippen LogP contribution in [-0.4, -0.2) is 32.4 Å². The first-order chi connectivity index (χ1) is 6.11. The van der Waals surface area contributed by atoms with Crippen molar-refractivity contribution in [2.45, 2.75) is 6.17 Å². The van der Waals surface area contributed by atoms with Crippen LogP contribution < -0.4 is 11.2 Å². The molecule has 0 bridgehead atoms. The average molecular weight is 192 g/mol. The molecule has 0 aliphatic carbocycles. The summed E-state index contributed by atoms with van der Waals surface area (Å²) in [7, 11) is 1.20. The number of nitrogens with two attached hydrogens (primary N) is 1. The van der Waals surface area contributed by atoms with Crippen molar-refractivity contribution in [2.75, 3.05) is 20.3 Å². The van der Waals surface area contributed by atoms with Gasteiger partial charge in [-0.2, -0.15) is 0 Å². The zero-order valence-corrected chi connectivity index (χ0v) is 7.38. The van der Waals surface area contributed by atoms with Crippen LogP contribution in [0.15, 0.2) is 12.3 Å². The number of halogens is 1. The van der Waals surface area contributed by atoms with Crippen molar-refractivity contribution in [3.63, 3.8) is 0 Å². The summed E-state index contributed by atoms with van der Waals surface area (Å²) in [5.74, 6) is -0.664. The second-order valence-corrected chi connectivity index (χ2v) is 2.22. The highest BCUT2D eigenvalue weighted by atomic mass is 19.1. The maximum Gasteiger partial charge on any atom is 0.355 e. The van der Waals surface area contributed by atoms with E-state index in [4.69, 9.17) is 5.73 Å². The van der Waals surface area contributed by atoms with Gasteiger partial charge in [0.2, 0.25) is 0 Å². The molecule has 6 heteroatoms. The molecule has 13 heavy (non-hydrogen) atoms. The number of hydrogen-bond acceptors (Lipinski definition) is 5.